The number of ether oxygens (including phenoxy) is 1. The van der Waals surface area contributed by atoms with E-state index >= 15 is 0 Å². The SMILES string of the molecule is CCCCCCOc1ccccc1C(=O)NC(=S)Nc1cc(C(F)(F)F)ccc1Cl. The van der Waals surface area contributed by atoms with Crippen LogP contribution in [0, 0.1) is 0 Å². The van der Waals surface area contributed by atoms with E-state index in [1.807, 2.05) is 0 Å². The Balaban J connectivity index is 2.02. The van der Waals surface area contributed by atoms with Gasteiger partial charge in [0.1, 0.15) is 5.75 Å². The molecule has 0 fully saturated rings. The number of carbonyl (C=O) groups is 1. The number of halogens is 4. The first-order valence-electron chi connectivity index (χ1n) is 9.43. The zero-order valence-electron chi connectivity index (χ0n) is 16.3. The highest BCUT2D eigenvalue weighted by molar-refractivity contribution is 7.80. The number of alkyl halides is 3. The molecule has 1 amide bonds. The van der Waals surface area contributed by atoms with E-state index < -0.39 is 17.6 Å². The van der Waals surface area contributed by atoms with E-state index in [4.69, 9.17) is 28.6 Å². The minimum atomic E-state index is -4.53. The van der Waals surface area contributed by atoms with E-state index in [9.17, 15) is 18.0 Å². The summed E-state index contributed by atoms with van der Waals surface area (Å²) in [6, 6.07) is 9.48. The number of thiocarbonyl (C=S) groups is 1. The van der Waals surface area contributed by atoms with Crippen molar-refractivity contribution in [3.8, 4) is 5.75 Å². The van der Waals surface area contributed by atoms with Crippen LogP contribution < -0.4 is 15.4 Å². The van der Waals surface area contributed by atoms with Crippen molar-refractivity contribution in [3.63, 3.8) is 0 Å². The number of hydrogen-bond donors (Lipinski definition) is 2. The molecule has 2 N–H and O–H groups in total. The van der Waals surface area contributed by atoms with Gasteiger partial charge in [-0.1, -0.05) is 49.9 Å². The van der Waals surface area contributed by atoms with Crippen LogP contribution in [0.2, 0.25) is 5.02 Å². The zero-order chi connectivity index (χ0) is 22.1. The molecule has 30 heavy (non-hydrogen) atoms. The maximum Gasteiger partial charge on any atom is 0.416 e. The molecule has 0 spiro atoms. The third-order valence-corrected chi connectivity index (χ3v) is 4.69. The smallest absolute Gasteiger partial charge is 0.416 e. The second-order valence-electron chi connectivity index (χ2n) is 6.51. The van der Waals surface area contributed by atoms with Crippen LogP contribution in [-0.2, 0) is 6.18 Å². The highest BCUT2D eigenvalue weighted by Gasteiger charge is 2.31. The molecular formula is C21H22ClF3N2O2S. The Morgan fingerprint density at radius 1 is 1.13 bits per heavy atom. The number of nitrogens with one attached hydrogen (secondary N) is 2. The number of amides is 1. The fourth-order valence-electron chi connectivity index (χ4n) is 2.61. The van der Waals surface area contributed by atoms with Crippen molar-refractivity contribution >= 4 is 40.5 Å². The van der Waals surface area contributed by atoms with Crippen molar-refractivity contribution in [2.45, 2.75) is 38.8 Å². The first-order valence-corrected chi connectivity index (χ1v) is 10.2. The van der Waals surface area contributed by atoms with Gasteiger partial charge >= 0.3 is 6.18 Å². The van der Waals surface area contributed by atoms with Gasteiger partial charge in [-0.05, 0) is 49.0 Å². The summed E-state index contributed by atoms with van der Waals surface area (Å²) in [6.07, 6.45) is -0.392. The summed E-state index contributed by atoms with van der Waals surface area (Å²) >= 11 is 11.0. The maximum atomic E-state index is 12.9. The average Bonchev–Trinajstić information content (AvgIpc) is 2.69. The predicted octanol–water partition coefficient (Wildman–Crippen LogP) is 6.44. The fourth-order valence-corrected chi connectivity index (χ4v) is 2.98. The highest BCUT2D eigenvalue weighted by atomic mass is 35.5. The molecule has 0 radical (unpaired) electrons. The molecule has 9 heteroatoms. The Kier molecular flexibility index (Phi) is 8.92. The summed E-state index contributed by atoms with van der Waals surface area (Å²) in [6.45, 7) is 2.59. The van der Waals surface area contributed by atoms with Crippen LogP contribution in [-0.4, -0.2) is 17.6 Å². The minimum Gasteiger partial charge on any atom is -0.493 e. The van der Waals surface area contributed by atoms with Crippen molar-refractivity contribution < 1.29 is 22.7 Å². The summed E-state index contributed by atoms with van der Waals surface area (Å²) in [5, 5.41) is 4.83. The molecule has 0 bridgehead atoms. The number of anilines is 1. The lowest BCUT2D eigenvalue weighted by molar-refractivity contribution is -0.137. The number of unbranched alkanes of at least 4 members (excludes halogenated alkanes) is 3. The molecule has 0 heterocycles. The molecule has 0 saturated carbocycles. The number of carbonyl (C=O) groups excluding carboxylic acids is 1. The van der Waals surface area contributed by atoms with Gasteiger partial charge < -0.3 is 10.1 Å². The van der Waals surface area contributed by atoms with Crippen LogP contribution in [0.5, 0.6) is 5.75 Å². The van der Waals surface area contributed by atoms with Crippen LogP contribution in [0.1, 0.15) is 48.5 Å². The van der Waals surface area contributed by atoms with E-state index in [1.165, 1.54) is 0 Å². The van der Waals surface area contributed by atoms with Crippen LogP contribution in [0.4, 0.5) is 18.9 Å². The summed E-state index contributed by atoms with van der Waals surface area (Å²) < 4.78 is 44.4. The molecule has 0 aliphatic heterocycles. The molecule has 0 aliphatic carbocycles. The Morgan fingerprint density at radius 2 is 1.87 bits per heavy atom. The lowest BCUT2D eigenvalue weighted by atomic mass is 10.2. The topological polar surface area (TPSA) is 50.4 Å². The van der Waals surface area contributed by atoms with Crippen LogP contribution in [0.25, 0.3) is 0 Å². The normalized spacial score (nSPS) is 11.1. The number of para-hydroxylation sites is 1. The number of benzene rings is 2. The molecule has 0 saturated heterocycles. The summed E-state index contributed by atoms with van der Waals surface area (Å²) in [5.74, 6) is -0.133. The standard InChI is InChI=1S/C21H22ClF3N2O2S/c1-2-3-4-7-12-29-18-9-6-5-8-15(18)19(28)27-20(30)26-17-13-14(21(23,24)25)10-11-16(17)22/h5-6,8-11,13H,2-4,7,12H2,1H3,(H2,26,27,28,30). The summed E-state index contributed by atoms with van der Waals surface area (Å²) in [4.78, 5) is 12.6. The monoisotopic (exact) mass is 458 g/mol. The van der Waals surface area contributed by atoms with E-state index in [1.54, 1.807) is 24.3 Å². The molecular weight excluding hydrogens is 437 g/mol. The first-order chi connectivity index (χ1) is 14.2. The Hall–Kier alpha value is -2.32. The van der Waals surface area contributed by atoms with Crippen molar-refractivity contribution in [2.75, 3.05) is 11.9 Å². The largest absolute Gasteiger partial charge is 0.493 e. The molecule has 2 rings (SSSR count). The van der Waals surface area contributed by atoms with Gasteiger partial charge in [0.25, 0.3) is 5.91 Å². The Labute approximate surface area is 183 Å². The first kappa shape index (κ1) is 24.0. The van der Waals surface area contributed by atoms with Gasteiger partial charge in [-0.15, -0.1) is 0 Å². The third kappa shape index (κ3) is 7.18. The number of hydrogen-bond acceptors (Lipinski definition) is 3. The molecule has 0 aliphatic rings. The van der Waals surface area contributed by atoms with Crippen molar-refractivity contribution in [1.29, 1.82) is 0 Å². The Bertz CT molecular complexity index is 891. The number of rotatable bonds is 8. The van der Waals surface area contributed by atoms with E-state index in [0.29, 0.717) is 12.4 Å². The van der Waals surface area contributed by atoms with Gasteiger partial charge in [-0.25, -0.2) is 0 Å². The highest BCUT2D eigenvalue weighted by Crippen LogP contribution is 2.33. The fraction of sp³-hybridized carbons (Fsp3) is 0.333. The molecule has 162 valence electrons. The summed E-state index contributed by atoms with van der Waals surface area (Å²) in [7, 11) is 0. The van der Waals surface area contributed by atoms with Gasteiger partial charge in [0.2, 0.25) is 0 Å². The van der Waals surface area contributed by atoms with Gasteiger partial charge in [0.05, 0.1) is 28.4 Å². The summed E-state index contributed by atoms with van der Waals surface area (Å²) in [5.41, 5.74) is -0.671. The van der Waals surface area contributed by atoms with Crippen LogP contribution in [0.15, 0.2) is 42.5 Å². The Morgan fingerprint density at radius 3 is 2.57 bits per heavy atom. The molecule has 2 aromatic carbocycles. The molecule has 0 aromatic heterocycles. The minimum absolute atomic E-state index is 0.0374. The lowest BCUT2D eigenvalue weighted by Gasteiger charge is -2.15. The van der Waals surface area contributed by atoms with E-state index in [2.05, 4.69) is 17.6 Å². The van der Waals surface area contributed by atoms with E-state index in [0.717, 1.165) is 43.9 Å². The van der Waals surface area contributed by atoms with Gasteiger partial charge in [0, 0.05) is 0 Å². The molecule has 2 aromatic rings. The molecule has 0 unspecified atom stereocenters. The second-order valence-corrected chi connectivity index (χ2v) is 7.32. The average molecular weight is 459 g/mol. The van der Waals surface area contributed by atoms with Crippen molar-refractivity contribution in [3.05, 3.63) is 58.6 Å². The van der Waals surface area contributed by atoms with Gasteiger partial charge in [-0.3, -0.25) is 10.1 Å². The van der Waals surface area contributed by atoms with Crippen LogP contribution >= 0.6 is 23.8 Å². The molecule has 0 atom stereocenters. The van der Waals surface area contributed by atoms with E-state index in [-0.39, 0.29) is 21.4 Å². The van der Waals surface area contributed by atoms with Crippen molar-refractivity contribution in [1.82, 2.24) is 5.32 Å². The molecule has 4 nitrogen and oxygen atoms in total. The van der Waals surface area contributed by atoms with Crippen molar-refractivity contribution in [2.24, 2.45) is 0 Å². The third-order valence-electron chi connectivity index (χ3n) is 4.16. The predicted molar refractivity (Wildman–Crippen MR) is 116 cm³/mol. The van der Waals surface area contributed by atoms with Gasteiger partial charge in [-0.2, -0.15) is 13.2 Å². The van der Waals surface area contributed by atoms with Gasteiger partial charge in [0.15, 0.2) is 5.11 Å². The maximum absolute atomic E-state index is 12.9. The van der Waals surface area contributed by atoms with Crippen LogP contribution in [0.3, 0.4) is 0 Å². The quantitative estimate of drug-likeness (QED) is 0.353. The zero-order valence-corrected chi connectivity index (χ0v) is 17.9. The second kappa shape index (κ2) is 11.2. The lowest BCUT2D eigenvalue weighted by Crippen LogP contribution is -2.34.